The molecule has 0 saturated heterocycles. The number of H-pyrrole nitrogens is 1. The summed E-state index contributed by atoms with van der Waals surface area (Å²) in [5.41, 5.74) is 6.70. The highest BCUT2D eigenvalue weighted by atomic mass is 32.1. The fourth-order valence-corrected chi connectivity index (χ4v) is 2.31. The molecule has 0 fully saturated rings. The monoisotopic (exact) mass is 233 g/mol. The molecular formula is C11H8FN3S. The van der Waals surface area contributed by atoms with E-state index < -0.39 is 0 Å². The number of nitrogens with one attached hydrogen (secondary N) is 1. The maximum Gasteiger partial charge on any atom is 0.151 e. The van der Waals surface area contributed by atoms with E-state index in [-0.39, 0.29) is 5.82 Å². The number of benzene rings is 1. The van der Waals surface area contributed by atoms with E-state index in [0.29, 0.717) is 16.9 Å². The minimum atomic E-state index is -0.315. The summed E-state index contributed by atoms with van der Waals surface area (Å²) in [7, 11) is 0. The zero-order valence-electron chi connectivity index (χ0n) is 8.20. The zero-order chi connectivity index (χ0) is 11.1. The number of nitrogens with zero attached hydrogens (tertiary/aromatic N) is 1. The van der Waals surface area contributed by atoms with E-state index in [1.54, 1.807) is 12.1 Å². The molecule has 0 saturated carbocycles. The summed E-state index contributed by atoms with van der Waals surface area (Å²) in [5.74, 6) is 0.339. The summed E-state index contributed by atoms with van der Waals surface area (Å²) < 4.78 is 13.4. The quantitative estimate of drug-likeness (QED) is 0.678. The van der Waals surface area contributed by atoms with Gasteiger partial charge >= 0.3 is 0 Å². The third kappa shape index (κ3) is 1.37. The lowest BCUT2D eigenvalue weighted by molar-refractivity contribution is 0.637. The molecule has 3 rings (SSSR count). The van der Waals surface area contributed by atoms with E-state index in [1.165, 1.54) is 17.4 Å². The molecule has 80 valence electrons. The van der Waals surface area contributed by atoms with Crippen molar-refractivity contribution in [2.75, 3.05) is 5.73 Å². The Hall–Kier alpha value is -1.88. The molecule has 3 N–H and O–H groups in total. The lowest BCUT2D eigenvalue weighted by atomic mass is 10.3. The number of fused-ring (bicyclic) bond motifs is 1. The van der Waals surface area contributed by atoms with Crippen molar-refractivity contribution in [2.24, 2.45) is 0 Å². The van der Waals surface area contributed by atoms with Gasteiger partial charge in [0.15, 0.2) is 5.82 Å². The van der Waals surface area contributed by atoms with E-state index in [1.807, 2.05) is 12.1 Å². The fourth-order valence-electron chi connectivity index (χ4n) is 1.59. The Morgan fingerprint density at radius 1 is 1.25 bits per heavy atom. The number of nitrogen functional groups attached to an aromatic ring is 1. The van der Waals surface area contributed by atoms with Crippen LogP contribution in [0, 0.1) is 5.82 Å². The van der Waals surface area contributed by atoms with Crippen molar-refractivity contribution in [2.45, 2.75) is 0 Å². The summed E-state index contributed by atoms with van der Waals surface area (Å²) >= 11 is 1.42. The van der Waals surface area contributed by atoms with Crippen molar-refractivity contribution in [1.29, 1.82) is 0 Å². The van der Waals surface area contributed by atoms with E-state index in [0.717, 1.165) is 9.88 Å². The van der Waals surface area contributed by atoms with Crippen LogP contribution in [0.2, 0.25) is 0 Å². The van der Waals surface area contributed by atoms with Crippen molar-refractivity contribution in [1.82, 2.24) is 9.97 Å². The number of thiophene rings is 1. The number of halogens is 1. The molecule has 0 unspecified atom stereocenters. The minimum Gasteiger partial charge on any atom is -0.391 e. The van der Waals surface area contributed by atoms with Crippen LogP contribution in [-0.2, 0) is 0 Å². The first-order valence-corrected chi connectivity index (χ1v) is 5.55. The van der Waals surface area contributed by atoms with Crippen LogP contribution in [0.15, 0.2) is 30.3 Å². The van der Waals surface area contributed by atoms with Gasteiger partial charge in [-0.15, -0.1) is 11.3 Å². The van der Waals surface area contributed by atoms with Crippen LogP contribution in [0.4, 0.5) is 9.39 Å². The Morgan fingerprint density at radius 2 is 2.12 bits per heavy atom. The number of imidazole rings is 1. The zero-order valence-corrected chi connectivity index (χ0v) is 9.01. The molecule has 3 aromatic rings. The van der Waals surface area contributed by atoms with Gasteiger partial charge < -0.3 is 10.7 Å². The summed E-state index contributed by atoms with van der Waals surface area (Å²) in [6, 6.07) is 8.53. The maximum atomic E-state index is 13.4. The molecule has 16 heavy (non-hydrogen) atoms. The average Bonchev–Trinajstić information content (AvgIpc) is 2.84. The molecule has 0 aliphatic heterocycles. The van der Waals surface area contributed by atoms with Crippen LogP contribution in [0.5, 0.6) is 0 Å². The molecule has 3 nitrogen and oxygen atoms in total. The van der Waals surface area contributed by atoms with Gasteiger partial charge in [-0.3, -0.25) is 0 Å². The van der Waals surface area contributed by atoms with E-state index in [2.05, 4.69) is 9.97 Å². The SMILES string of the molecule is Nc1ccc(-c2nc3c(F)cccc3[nH]2)s1. The topological polar surface area (TPSA) is 54.7 Å². The van der Waals surface area contributed by atoms with Crippen LogP contribution < -0.4 is 5.73 Å². The summed E-state index contributed by atoms with van der Waals surface area (Å²) in [6.45, 7) is 0. The third-order valence-electron chi connectivity index (χ3n) is 2.32. The summed E-state index contributed by atoms with van der Waals surface area (Å²) in [6.07, 6.45) is 0. The van der Waals surface area contributed by atoms with Gasteiger partial charge in [-0.25, -0.2) is 9.37 Å². The van der Waals surface area contributed by atoms with Crippen molar-refractivity contribution >= 4 is 27.4 Å². The second kappa shape index (κ2) is 3.31. The first-order chi connectivity index (χ1) is 7.74. The van der Waals surface area contributed by atoms with Gasteiger partial charge in [0, 0.05) is 0 Å². The standard InChI is InChI=1S/C11H8FN3S/c12-6-2-1-3-7-10(6)15-11(14-7)8-4-5-9(13)16-8/h1-5H,13H2,(H,14,15). The number of nitrogens with two attached hydrogens (primary N) is 1. The second-order valence-electron chi connectivity index (χ2n) is 3.42. The van der Waals surface area contributed by atoms with Crippen LogP contribution >= 0.6 is 11.3 Å². The van der Waals surface area contributed by atoms with Crippen molar-refractivity contribution < 1.29 is 4.39 Å². The van der Waals surface area contributed by atoms with Crippen molar-refractivity contribution in [3.8, 4) is 10.7 Å². The minimum absolute atomic E-state index is 0.315. The van der Waals surface area contributed by atoms with Crippen LogP contribution in [0.25, 0.3) is 21.7 Å². The second-order valence-corrected chi connectivity index (χ2v) is 4.54. The average molecular weight is 233 g/mol. The first-order valence-electron chi connectivity index (χ1n) is 4.74. The molecule has 0 bridgehead atoms. The lowest BCUT2D eigenvalue weighted by Gasteiger charge is -1.86. The molecule has 0 aliphatic carbocycles. The van der Waals surface area contributed by atoms with Crippen LogP contribution in [-0.4, -0.2) is 9.97 Å². The Labute approximate surface area is 94.7 Å². The maximum absolute atomic E-state index is 13.4. The molecule has 5 heteroatoms. The molecule has 2 aromatic heterocycles. The number of para-hydroxylation sites is 1. The number of anilines is 1. The third-order valence-corrected chi connectivity index (χ3v) is 3.24. The van der Waals surface area contributed by atoms with Gasteiger partial charge in [-0.2, -0.15) is 0 Å². The van der Waals surface area contributed by atoms with Crippen molar-refractivity contribution in [3.05, 3.63) is 36.1 Å². The highest BCUT2D eigenvalue weighted by Gasteiger charge is 2.09. The Bertz CT molecular complexity index is 656. The molecule has 1 aromatic carbocycles. The normalized spacial score (nSPS) is 11.1. The van der Waals surface area contributed by atoms with E-state index >= 15 is 0 Å². The number of aromatic amines is 1. The highest BCUT2D eigenvalue weighted by molar-refractivity contribution is 7.19. The van der Waals surface area contributed by atoms with Crippen molar-refractivity contribution in [3.63, 3.8) is 0 Å². The van der Waals surface area contributed by atoms with Gasteiger partial charge in [-0.1, -0.05) is 6.07 Å². The fraction of sp³-hybridized carbons (Fsp3) is 0. The first kappa shape index (κ1) is 9.35. The van der Waals surface area contributed by atoms with Crippen LogP contribution in [0.3, 0.4) is 0 Å². The highest BCUT2D eigenvalue weighted by Crippen LogP contribution is 2.29. The Kier molecular flexibility index (Phi) is 1.94. The van der Waals surface area contributed by atoms with E-state index in [9.17, 15) is 4.39 Å². The predicted octanol–water partition coefficient (Wildman–Crippen LogP) is 3.01. The number of rotatable bonds is 1. The molecule has 0 amide bonds. The van der Waals surface area contributed by atoms with E-state index in [4.69, 9.17) is 5.73 Å². The van der Waals surface area contributed by atoms with Gasteiger partial charge in [-0.05, 0) is 24.3 Å². The molecular weight excluding hydrogens is 225 g/mol. The number of hydrogen-bond acceptors (Lipinski definition) is 3. The predicted molar refractivity (Wildman–Crippen MR) is 63.8 cm³/mol. The molecule has 0 atom stereocenters. The Balaban J connectivity index is 2.22. The molecule has 2 heterocycles. The van der Waals surface area contributed by atoms with Gasteiger partial charge in [0.05, 0.1) is 15.4 Å². The smallest absolute Gasteiger partial charge is 0.151 e. The van der Waals surface area contributed by atoms with Gasteiger partial charge in [0.2, 0.25) is 0 Å². The molecule has 0 radical (unpaired) electrons. The lowest BCUT2D eigenvalue weighted by Crippen LogP contribution is -1.76. The molecule has 0 spiro atoms. The number of aromatic nitrogens is 2. The van der Waals surface area contributed by atoms with Crippen LogP contribution in [0.1, 0.15) is 0 Å². The Morgan fingerprint density at radius 3 is 2.81 bits per heavy atom. The molecule has 0 aliphatic rings. The largest absolute Gasteiger partial charge is 0.391 e. The number of hydrogen-bond donors (Lipinski definition) is 2. The summed E-state index contributed by atoms with van der Waals surface area (Å²) in [4.78, 5) is 8.20. The summed E-state index contributed by atoms with van der Waals surface area (Å²) in [5, 5.41) is 0.718. The van der Waals surface area contributed by atoms with Gasteiger partial charge in [0.1, 0.15) is 11.3 Å². The van der Waals surface area contributed by atoms with Gasteiger partial charge in [0.25, 0.3) is 0 Å².